The van der Waals surface area contributed by atoms with Crippen molar-refractivity contribution in [2.45, 2.75) is 5.54 Å². The Morgan fingerprint density at radius 2 is 1.42 bits per heavy atom. The zero-order valence-corrected chi connectivity index (χ0v) is 33.4. The second-order valence-electron chi connectivity index (χ2n) is 15.4. The molecule has 1 unspecified atom stereocenters. The van der Waals surface area contributed by atoms with Gasteiger partial charge in [-0.05, 0) is 71.9 Å². The molecule has 1 N–H and O–H groups in total. The van der Waals surface area contributed by atoms with Crippen molar-refractivity contribution >= 4 is 43.8 Å². The van der Waals surface area contributed by atoms with E-state index in [9.17, 15) is 0 Å². The highest BCUT2D eigenvalue weighted by Crippen LogP contribution is 2.59. The first-order valence-electron chi connectivity index (χ1n) is 20.5. The third kappa shape index (κ3) is 5.16. The van der Waals surface area contributed by atoms with Crippen LogP contribution in [0, 0.1) is 0 Å². The van der Waals surface area contributed by atoms with Gasteiger partial charge in [0.15, 0.2) is 5.54 Å². The first kappa shape index (κ1) is 35.6. The van der Waals surface area contributed by atoms with Crippen LogP contribution in [0.4, 0.5) is 0 Å². The summed E-state index contributed by atoms with van der Waals surface area (Å²) in [7, 11) is 0. The summed E-state index contributed by atoms with van der Waals surface area (Å²) in [6.07, 6.45) is 10.8. The number of aromatic amines is 1. The van der Waals surface area contributed by atoms with Gasteiger partial charge in [0.05, 0.1) is 46.6 Å². The zero-order valence-electron chi connectivity index (χ0n) is 33.4. The average molecular weight is 828 g/mol. The van der Waals surface area contributed by atoms with Crippen molar-refractivity contribution in [1.82, 2.24) is 60.6 Å². The van der Waals surface area contributed by atoms with Crippen LogP contribution in [0.5, 0.6) is 0 Å². The Labute approximate surface area is 362 Å². The molecule has 0 spiro atoms. The van der Waals surface area contributed by atoms with Gasteiger partial charge >= 0.3 is 0 Å². The number of para-hydroxylation sites is 1. The first-order valence-corrected chi connectivity index (χ1v) is 20.5. The van der Waals surface area contributed by atoms with E-state index in [0.29, 0.717) is 56.6 Å². The van der Waals surface area contributed by atoms with Crippen molar-refractivity contribution in [2.24, 2.45) is 4.99 Å². The minimum absolute atomic E-state index is 0.447. The van der Waals surface area contributed by atoms with Gasteiger partial charge in [-0.2, -0.15) is 15.3 Å². The van der Waals surface area contributed by atoms with Crippen molar-refractivity contribution in [3.05, 3.63) is 199 Å². The Morgan fingerprint density at radius 3 is 2.30 bits per heavy atom. The minimum Gasteiger partial charge on any atom is -0.466 e. The van der Waals surface area contributed by atoms with E-state index in [2.05, 4.69) is 66.5 Å². The number of nitrogens with one attached hydrogen (secondary N) is 1. The predicted molar refractivity (Wildman–Crippen MR) is 241 cm³/mol. The van der Waals surface area contributed by atoms with Crippen LogP contribution in [0.2, 0.25) is 0 Å². The summed E-state index contributed by atoms with van der Waals surface area (Å²) in [5.74, 6) is 0.470. The van der Waals surface area contributed by atoms with Crippen molar-refractivity contribution < 1.29 is 4.42 Å². The number of benzene rings is 4. The number of fused-ring (bicyclic) bond motifs is 5. The number of hydrogen-bond acceptors (Lipinski definition) is 12. The van der Waals surface area contributed by atoms with Crippen LogP contribution in [0.1, 0.15) is 28.3 Å². The summed E-state index contributed by atoms with van der Waals surface area (Å²) in [4.78, 5) is 5.82. The van der Waals surface area contributed by atoms with Crippen LogP contribution in [-0.4, -0.2) is 66.3 Å². The molecule has 0 saturated heterocycles. The molecule has 300 valence electrons. The lowest BCUT2D eigenvalue weighted by Crippen LogP contribution is -2.28. The van der Waals surface area contributed by atoms with Gasteiger partial charge in [-0.1, -0.05) is 66.7 Å². The molecular weight excluding hydrogens is 799 g/mol. The number of rotatable bonds is 7. The molecule has 14 nitrogen and oxygen atoms in total. The minimum atomic E-state index is -1.53. The van der Waals surface area contributed by atoms with Gasteiger partial charge in [-0.3, -0.25) is 10.1 Å². The van der Waals surface area contributed by atoms with E-state index in [0.717, 1.165) is 60.3 Å². The number of pyridine rings is 1. The molecule has 12 aromatic rings. The molecule has 64 heavy (non-hydrogen) atoms. The van der Waals surface area contributed by atoms with E-state index in [1.165, 1.54) is 0 Å². The topological polar surface area (TPSA) is 175 Å². The van der Waals surface area contributed by atoms with Gasteiger partial charge in [-0.25, -0.2) is 0 Å². The largest absolute Gasteiger partial charge is 0.466 e. The Hall–Kier alpha value is -9.17. The Kier molecular flexibility index (Phi) is 7.75. The molecule has 0 saturated carbocycles. The number of nitrogens with zero attached hydrogens (tertiary/aromatic N) is 12. The van der Waals surface area contributed by atoms with E-state index in [1.54, 1.807) is 24.9 Å². The molecule has 0 bridgehead atoms. The Balaban J connectivity index is 1.37. The first-order chi connectivity index (χ1) is 31.8. The van der Waals surface area contributed by atoms with Crippen molar-refractivity contribution in [3.63, 3.8) is 0 Å². The molecule has 0 radical (unpaired) electrons. The fourth-order valence-corrected chi connectivity index (χ4v) is 9.39. The maximum absolute atomic E-state index is 6.53. The number of aliphatic imine (C=N–C) groups is 1. The molecule has 0 amide bonds. The second-order valence-corrected chi connectivity index (χ2v) is 15.4. The number of hydrogen-bond donors (Lipinski definition) is 1. The van der Waals surface area contributed by atoms with E-state index in [-0.39, 0.29) is 0 Å². The van der Waals surface area contributed by atoms with E-state index < -0.39 is 5.54 Å². The molecular formula is C50H29N13O. The monoisotopic (exact) mass is 827 g/mol. The summed E-state index contributed by atoms with van der Waals surface area (Å²) >= 11 is 0. The van der Waals surface area contributed by atoms with E-state index in [4.69, 9.17) is 40.0 Å². The van der Waals surface area contributed by atoms with Crippen LogP contribution >= 0.6 is 0 Å². The van der Waals surface area contributed by atoms with Crippen molar-refractivity contribution in [2.75, 3.05) is 0 Å². The molecule has 8 aromatic heterocycles. The lowest BCUT2D eigenvalue weighted by molar-refractivity contribution is 0.432. The normalized spacial score (nSPS) is 14.7. The highest BCUT2D eigenvalue weighted by Gasteiger charge is 2.53. The molecule has 9 heterocycles. The van der Waals surface area contributed by atoms with Crippen LogP contribution in [-0.2, 0) is 5.54 Å². The smallest absolute Gasteiger partial charge is 0.189 e. The third-order valence-electron chi connectivity index (χ3n) is 12.0. The summed E-state index contributed by atoms with van der Waals surface area (Å²) in [5, 5.41) is 54.1. The molecule has 14 heteroatoms. The fraction of sp³-hybridized carbons (Fsp3) is 0.0200. The Bertz CT molecular complexity index is 3800. The highest BCUT2D eigenvalue weighted by atomic mass is 16.3. The van der Waals surface area contributed by atoms with Crippen molar-refractivity contribution in [1.29, 1.82) is 0 Å². The van der Waals surface area contributed by atoms with Gasteiger partial charge in [0.2, 0.25) is 0 Å². The summed E-state index contributed by atoms with van der Waals surface area (Å²) in [6.45, 7) is 0. The predicted octanol–water partition coefficient (Wildman–Crippen LogP) is 9.08. The highest BCUT2D eigenvalue weighted by molar-refractivity contribution is 6.26. The van der Waals surface area contributed by atoms with Gasteiger partial charge in [0, 0.05) is 79.1 Å². The van der Waals surface area contributed by atoms with Gasteiger partial charge in [0.25, 0.3) is 0 Å². The van der Waals surface area contributed by atoms with Crippen LogP contribution in [0.25, 0.3) is 83.0 Å². The number of furan rings is 1. The molecule has 13 rings (SSSR count). The van der Waals surface area contributed by atoms with Gasteiger partial charge in [-0.15, -0.1) is 30.6 Å². The van der Waals surface area contributed by atoms with E-state index in [1.807, 2.05) is 109 Å². The van der Waals surface area contributed by atoms with Gasteiger partial charge in [0.1, 0.15) is 28.5 Å². The van der Waals surface area contributed by atoms with Crippen molar-refractivity contribution in [3.8, 4) is 44.9 Å². The summed E-state index contributed by atoms with van der Waals surface area (Å²) in [6, 6.07) is 43.9. The van der Waals surface area contributed by atoms with E-state index >= 15 is 0 Å². The average Bonchev–Trinajstić information content (AvgIpc) is 4.20. The van der Waals surface area contributed by atoms with Gasteiger partial charge < -0.3 is 8.82 Å². The van der Waals surface area contributed by atoms with Crippen LogP contribution in [0.3, 0.4) is 0 Å². The number of H-pyrrole nitrogens is 1. The maximum atomic E-state index is 6.53. The lowest BCUT2D eigenvalue weighted by atomic mass is 9.72. The Morgan fingerprint density at radius 1 is 0.562 bits per heavy atom. The molecule has 0 aliphatic carbocycles. The fourth-order valence-electron chi connectivity index (χ4n) is 9.39. The summed E-state index contributed by atoms with van der Waals surface area (Å²) in [5.41, 5.74) is 9.58. The maximum Gasteiger partial charge on any atom is 0.189 e. The SMILES string of the molecule is c1cnnc(C2=NC(c3ccnnn3)(c3ccco3)c3c2c(-c2nncc4ccccc24)c(-c2ccn4ccccc24)c(-c2n[nH]c4ccccc24)c3-c2cc3ccccc3nn2)c1. The molecule has 1 aliphatic rings. The quantitative estimate of drug-likeness (QED) is 0.162. The second kappa shape index (κ2) is 13.9. The third-order valence-corrected chi connectivity index (χ3v) is 12.0. The van der Waals surface area contributed by atoms with Crippen LogP contribution < -0.4 is 0 Å². The molecule has 1 atom stereocenters. The van der Waals surface area contributed by atoms with Crippen LogP contribution in [0.15, 0.2) is 180 Å². The molecule has 1 aliphatic heterocycles. The summed E-state index contributed by atoms with van der Waals surface area (Å²) < 4.78 is 8.65. The molecule has 4 aromatic carbocycles. The zero-order chi connectivity index (χ0) is 42.2. The lowest BCUT2D eigenvalue weighted by Gasteiger charge is -2.30. The molecule has 0 fully saturated rings. The standard InChI is InChI=1S/C50H29N13O/c1-3-13-31-30(12-1)28-53-60-47(31)44-41(33-21-25-63-24-8-7-18-38(33)63)43(48-32-14-4-6-16-35(32)57-61-48)42(37-27-29-11-2-5-15-34(29)56-58-37)46-45(44)49(36-17-9-22-51-55-36)54-50(46,40-19-10-26-64-40)39-20-23-52-62-59-39/h1-28H,(H,57,61). The number of aromatic nitrogens is 12.